The van der Waals surface area contributed by atoms with Gasteiger partial charge in [0.1, 0.15) is 4.88 Å². The van der Waals surface area contributed by atoms with Crippen LogP contribution in [0.15, 0.2) is 11.7 Å². The van der Waals surface area contributed by atoms with Gasteiger partial charge >= 0.3 is 0 Å². The third kappa shape index (κ3) is 3.80. The van der Waals surface area contributed by atoms with Gasteiger partial charge in [0, 0.05) is 6.54 Å². The Morgan fingerprint density at radius 2 is 2.50 bits per heavy atom. The van der Waals surface area contributed by atoms with E-state index in [1.165, 1.54) is 11.3 Å². The summed E-state index contributed by atoms with van der Waals surface area (Å²) in [4.78, 5) is 16.3. The number of nitrogens with zero attached hydrogens (tertiary/aromatic N) is 1. The molecular weight excluding hydrogens is 218 g/mol. The first kappa shape index (κ1) is 11.1. The van der Waals surface area contributed by atoms with E-state index in [9.17, 15) is 4.79 Å². The number of carbonyl (C=O) groups excluding carboxylic acids is 1. The molecule has 1 aromatic rings. The van der Waals surface area contributed by atoms with Crippen LogP contribution in [-0.4, -0.2) is 22.4 Å². The smallest absolute Gasteiger partial charge is 0.262 e. The summed E-state index contributed by atoms with van der Waals surface area (Å²) in [6.07, 6.45) is 2.99. The zero-order chi connectivity index (χ0) is 10.4. The first-order chi connectivity index (χ1) is 6.70. The van der Waals surface area contributed by atoms with E-state index < -0.39 is 0 Å². The fourth-order valence-electron chi connectivity index (χ4n) is 0.880. The fraction of sp³-hybridized carbons (Fsp3) is 0.375. The summed E-state index contributed by atoms with van der Waals surface area (Å²) in [6.45, 7) is 0.591. The molecule has 6 heteroatoms. The molecule has 0 saturated heterocycles. The van der Waals surface area contributed by atoms with Crippen molar-refractivity contribution in [2.24, 2.45) is 5.73 Å². The Hall–Kier alpha value is -1.01. The molecule has 0 aliphatic carbocycles. The van der Waals surface area contributed by atoms with Gasteiger partial charge in [-0.3, -0.25) is 9.78 Å². The minimum Gasteiger partial charge on any atom is -0.393 e. The summed E-state index contributed by atoms with van der Waals surface area (Å²) in [5.74, 6) is -0.0876. The van der Waals surface area contributed by atoms with Crippen LogP contribution >= 0.6 is 23.6 Å². The maximum atomic E-state index is 11.3. The largest absolute Gasteiger partial charge is 0.393 e. The molecule has 0 saturated carbocycles. The second-order valence-electron chi connectivity index (χ2n) is 2.69. The molecule has 76 valence electrons. The number of hydrogen-bond acceptors (Lipinski definition) is 4. The summed E-state index contributed by atoms with van der Waals surface area (Å²) < 4.78 is 0. The van der Waals surface area contributed by atoms with E-state index in [0.29, 0.717) is 22.8 Å². The standard InChI is InChI=1S/C8H11N3OS2/c9-7(13)2-1-3-11-8(12)6-4-10-5-14-6/h4-5H,1-3H2,(H2,9,13)(H,11,12). The SMILES string of the molecule is NC(=S)CCCNC(=O)c1cncs1. The van der Waals surface area contributed by atoms with Crippen LogP contribution in [0.25, 0.3) is 0 Å². The highest BCUT2D eigenvalue weighted by molar-refractivity contribution is 7.80. The lowest BCUT2D eigenvalue weighted by Gasteiger charge is -2.01. The molecule has 1 aromatic heterocycles. The van der Waals surface area contributed by atoms with Gasteiger partial charge in [0.25, 0.3) is 5.91 Å². The Kier molecular flexibility index (Phi) is 4.48. The zero-order valence-corrected chi connectivity index (χ0v) is 9.16. The van der Waals surface area contributed by atoms with Crippen molar-refractivity contribution < 1.29 is 4.79 Å². The molecule has 0 atom stereocenters. The minimum atomic E-state index is -0.0876. The van der Waals surface area contributed by atoms with E-state index in [4.69, 9.17) is 18.0 Å². The quantitative estimate of drug-likeness (QED) is 0.582. The summed E-state index contributed by atoms with van der Waals surface area (Å²) in [5.41, 5.74) is 6.94. The van der Waals surface area contributed by atoms with Gasteiger partial charge in [-0.15, -0.1) is 11.3 Å². The van der Waals surface area contributed by atoms with Crippen molar-refractivity contribution in [3.05, 3.63) is 16.6 Å². The van der Waals surface area contributed by atoms with Crippen molar-refractivity contribution in [2.75, 3.05) is 6.54 Å². The molecule has 0 aliphatic heterocycles. The second-order valence-corrected chi connectivity index (χ2v) is 4.10. The summed E-state index contributed by atoms with van der Waals surface area (Å²) in [7, 11) is 0. The average molecular weight is 229 g/mol. The highest BCUT2D eigenvalue weighted by Crippen LogP contribution is 2.04. The molecule has 0 aliphatic rings. The van der Waals surface area contributed by atoms with Crippen molar-refractivity contribution >= 4 is 34.5 Å². The fourth-order valence-corrected chi connectivity index (χ4v) is 1.56. The number of amides is 1. The van der Waals surface area contributed by atoms with Gasteiger partial charge in [0.15, 0.2) is 0 Å². The lowest BCUT2D eigenvalue weighted by Crippen LogP contribution is -2.24. The molecule has 14 heavy (non-hydrogen) atoms. The molecule has 0 fully saturated rings. The van der Waals surface area contributed by atoms with Crippen LogP contribution in [0, 0.1) is 0 Å². The summed E-state index contributed by atoms with van der Waals surface area (Å²) >= 11 is 6.03. The summed E-state index contributed by atoms with van der Waals surface area (Å²) in [5, 5.41) is 2.76. The first-order valence-electron chi connectivity index (χ1n) is 4.15. The molecule has 4 nitrogen and oxygen atoms in total. The molecule has 3 N–H and O–H groups in total. The first-order valence-corrected chi connectivity index (χ1v) is 5.44. The normalized spacial score (nSPS) is 9.71. The van der Waals surface area contributed by atoms with Crippen molar-refractivity contribution in [1.82, 2.24) is 10.3 Å². The van der Waals surface area contributed by atoms with E-state index in [0.717, 1.165) is 6.42 Å². The van der Waals surface area contributed by atoms with Crippen molar-refractivity contribution in [1.29, 1.82) is 0 Å². The number of aromatic nitrogens is 1. The number of rotatable bonds is 5. The van der Waals surface area contributed by atoms with Crippen molar-refractivity contribution in [2.45, 2.75) is 12.8 Å². The van der Waals surface area contributed by atoms with Crippen LogP contribution in [0.5, 0.6) is 0 Å². The topological polar surface area (TPSA) is 68.0 Å². The predicted octanol–water partition coefficient (Wildman–Crippen LogP) is 0.939. The number of thiazole rings is 1. The highest BCUT2D eigenvalue weighted by atomic mass is 32.1. The van der Waals surface area contributed by atoms with Crippen LogP contribution in [0.1, 0.15) is 22.5 Å². The Bertz CT molecular complexity index is 310. The summed E-state index contributed by atoms with van der Waals surface area (Å²) in [6, 6.07) is 0. The Labute approximate surface area is 91.5 Å². The van der Waals surface area contributed by atoms with Gasteiger partial charge in [-0.25, -0.2) is 0 Å². The highest BCUT2D eigenvalue weighted by Gasteiger charge is 2.05. The van der Waals surface area contributed by atoms with E-state index in [1.807, 2.05) is 0 Å². The number of hydrogen-bond donors (Lipinski definition) is 2. The van der Waals surface area contributed by atoms with Crippen LogP contribution < -0.4 is 11.1 Å². The van der Waals surface area contributed by atoms with Gasteiger partial charge < -0.3 is 11.1 Å². The molecule has 1 amide bonds. The van der Waals surface area contributed by atoms with E-state index in [2.05, 4.69) is 10.3 Å². The Morgan fingerprint density at radius 3 is 3.07 bits per heavy atom. The maximum Gasteiger partial charge on any atom is 0.262 e. The predicted molar refractivity (Wildman–Crippen MR) is 60.5 cm³/mol. The lowest BCUT2D eigenvalue weighted by molar-refractivity contribution is 0.0957. The third-order valence-corrected chi connectivity index (χ3v) is 2.52. The number of thiocarbonyl (C=S) groups is 1. The maximum absolute atomic E-state index is 11.3. The zero-order valence-electron chi connectivity index (χ0n) is 7.53. The molecule has 1 heterocycles. The van der Waals surface area contributed by atoms with E-state index in [1.54, 1.807) is 11.7 Å². The molecule has 0 aromatic carbocycles. The minimum absolute atomic E-state index is 0.0876. The molecule has 0 radical (unpaired) electrons. The Balaban J connectivity index is 2.19. The van der Waals surface area contributed by atoms with Crippen molar-refractivity contribution in [3.63, 3.8) is 0 Å². The average Bonchev–Trinajstić information content (AvgIpc) is 2.64. The molecule has 0 bridgehead atoms. The van der Waals surface area contributed by atoms with Gasteiger partial charge in [-0.2, -0.15) is 0 Å². The van der Waals surface area contributed by atoms with Crippen LogP contribution in [0.3, 0.4) is 0 Å². The third-order valence-electron chi connectivity index (χ3n) is 1.54. The number of carbonyl (C=O) groups is 1. The lowest BCUT2D eigenvalue weighted by atomic mass is 10.3. The van der Waals surface area contributed by atoms with Crippen LogP contribution in [0.2, 0.25) is 0 Å². The van der Waals surface area contributed by atoms with Gasteiger partial charge in [0.05, 0.1) is 16.7 Å². The molecular formula is C8H11N3OS2. The molecule has 0 unspecified atom stereocenters. The second kappa shape index (κ2) is 5.66. The van der Waals surface area contributed by atoms with Crippen LogP contribution in [0.4, 0.5) is 0 Å². The van der Waals surface area contributed by atoms with Gasteiger partial charge in [-0.1, -0.05) is 12.2 Å². The number of nitrogens with one attached hydrogen (secondary N) is 1. The Morgan fingerprint density at radius 1 is 1.71 bits per heavy atom. The van der Waals surface area contributed by atoms with E-state index >= 15 is 0 Å². The van der Waals surface area contributed by atoms with Gasteiger partial charge in [-0.05, 0) is 12.8 Å². The molecule has 1 rings (SSSR count). The van der Waals surface area contributed by atoms with Crippen LogP contribution in [-0.2, 0) is 0 Å². The molecule has 0 spiro atoms. The van der Waals surface area contributed by atoms with Gasteiger partial charge in [0.2, 0.25) is 0 Å². The monoisotopic (exact) mass is 229 g/mol. The van der Waals surface area contributed by atoms with Crippen molar-refractivity contribution in [3.8, 4) is 0 Å². The van der Waals surface area contributed by atoms with E-state index in [-0.39, 0.29) is 5.91 Å². The number of nitrogens with two attached hydrogens (primary N) is 1.